The van der Waals surface area contributed by atoms with Crippen LogP contribution < -0.4 is 11.1 Å². The normalized spacial score (nSPS) is 25.9. The number of halogens is 1. The molecule has 3 rings (SSSR count). The van der Waals surface area contributed by atoms with Gasteiger partial charge in [-0.2, -0.15) is 0 Å². The number of nitrogens with zero attached hydrogens (tertiary/aromatic N) is 2. The summed E-state index contributed by atoms with van der Waals surface area (Å²) < 4.78 is 1.02. The standard InChI is InChI=1S/C14H19BrN4O/c1-8-11(16)6-7-19(8)14(20)18-12-5-4-10(15)13(17-12)9-2-3-9/h4-5,8-9,11H,2-3,6-7,16H2,1H3,(H,17,18,20)/t8-,11-/m0/s1. The largest absolute Gasteiger partial charge is 0.326 e. The average molecular weight is 339 g/mol. The predicted octanol–water partition coefficient (Wildman–Crippen LogP) is 2.67. The highest BCUT2D eigenvalue weighted by atomic mass is 79.9. The number of likely N-dealkylation sites (tertiary alicyclic amines) is 1. The molecule has 2 aliphatic rings. The van der Waals surface area contributed by atoms with Crippen LogP contribution in [0.4, 0.5) is 10.6 Å². The van der Waals surface area contributed by atoms with Crippen LogP contribution >= 0.6 is 15.9 Å². The van der Waals surface area contributed by atoms with Crippen molar-refractivity contribution >= 4 is 27.8 Å². The maximum atomic E-state index is 12.3. The number of nitrogens with two attached hydrogens (primary N) is 1. The van der Waals surface area contributed by atoms with Gasteiger partial charge < -0.3 is 10.6 Å². The van der Waals surface area contributed by atoms with Crippen LogP contribution in [-0.2, 0) is 0 Å². The first kappa shape index (κ1) is 13.8. The number of hydrogen-bond donors (Lipinski definition) is 2. The van der Waals surface area contributed by atoms with E-state index in [9.17, 15) is 4.79 Å². The number of pyridine rings is 1. The number of hydrogen-bond acceptors (Lipinski definition) is 3. The van der Waals surface area contributed by atoms with E-state index < -0.39 is 0 Å². The molecule has 1 saturated heterocycles. The van der Waals surface area contributed by atoms with E-state index in [0.717, 1.165) is 16.6 Å². The Bertz CT molecular complexity index is 532. The van der Waals surface area contributed by atoms with E-state index in [1.807, 2.05) is 19.1 Å². The Hall–Kier alpha value is -1.14. The zero-order valence-electron chi connectivity index (χ0n) is 11.5. The van der Waals surface area contributed by atoms with Crippen molar-refractivity contribution in [3.63, 3.8) is 0 Å². The van der Waals surface area contributed by atoms with E-state index >= 15 is 0 Å². The van der Waals surface area contributed by atoms with E-state index in [0.29, 0.717) is 18.3 Å². The lowest BCUT2D eigenvalue weighted by Crippen LogP contribution is -2.42. The smallest absolute Gasteiger partial charge is 0.323 e. The molecule has 6 heteroatoms. The van der Waals surface area contributed by atoms with Gasteiger partial charge in [-0.15, -0.1) is 0 Å². The van der Waals surface area contributed by atoms with Gasteiger partial charge in [0, 0.05) is 29.0 Å². The molecule has 0 spiro atoms. The van der Waals surface area contributed by atoms with Gasteiger partial charge in [-0.05, 0) is 54.2 Å². The first-order chi connectivity index (χ1) is 9.56. The number of aromatic nitrogens is 1. The number of rotatable bonds is 2. The Morgan fingerprint density at radius 3 is 2.80 bits per heavy atom. The summed E-state index contributed by atoms with van der Waals surface area (Å²) in [6, 6.07) is 3.82. The van der Waals surface area contributed by atoms with E-state index in [1.165, 1.54) is 12.8 Å². The minimum Gasteiger partial charge on any atom is -0.326 e. The molecule has 0 unspecified atom stereocenters. The molecule has 1 aromatic heterocycles. The average Bonchev–Trinajstić information content (AvgIpc) is 3.20. The SMILES string of the molecule is C[C@H]1[C@@H](N)CCN1C(=O)Nc1ccc(Br)c(C2CC2)n1. The summed E-state index contributed by atoms with van der Waals surface area (Å²) >= 11 is 3.52. The van der Waals surface area contributed by atoms with Crippen molar-refractivity contribution in [2.24, 2.45) is 5.73 Å². The highest BCUT2D eigenvalue weighted by molar-refractivity contribution is 9.10. The number of carbonyl (C=O) groups excluding carboxylic acids is 1. The summed E-state index contributed by atoms with van der Waals surface area (Å²) in [7, 11) is 0. The van der Waals surface area contributed by atoms with Gasteiger partial charge in [0.25, 0.3) is 0 Å². The Morgan fingerprint density at radius 1 is 1.45 bits per heavy atom. The zero-order chi connectivity index (χ0) is 14.3. The number of urea groups is 1. The van der Waals surface area contributed by atoms with Crippen LogP contribution in [0.1, 0.15) is 37.8 Å². The number of carbonyl (C=O) groups is 1. The summed E-state index contributed by atoms with van der Waals surface area (Å²) in [6.45, 7) is 2.70. The van der Waals surface area contributed by atoms with Crippen LogP contribution in [0.3, 0.4) is 0 Å². The second kappa shape index (κ2) is 5.33. The highest BCUT2D eigenvalue weighted by Crippen LogP contribution is 2.42. The molecule has 20 heavy (non-hydrogen) atoms. The van der Waals surface area contributed by atoms with Crippen molar-refractivity contribution < 1.29 is 4.79 Å². The van der Waals surface area contributed by atoms with E-state index in [2.05, 4.69) is 26.2 Å². The van der Waals surface area contributed by atoms with Crippen LogP contribution in [0.2, 0.25) is 0 Å². The van der Waals surface area contributed by atoms with Gasteiger partial charge in [0.15, 0.2) is 0 Å². The van der Waals surface area contributed by atoms with E-state index in [4.69, 9.17) is 5.73 Å². The van der Waals surface area contributed by atoms with E-state index in [1.54, 1.807) is 4.90 Å². The summed E-state index contributed by atoms with van der Waals surface area (Å²) in [5, 5.41) is 2.88. The van der Waals surface area contributed by atoms with Gasteiger partial charge >= 0.3 is 6.03 Å². The van der Waals surface area contributed by atoms with Crippen molar-refractivity contribution in [3.8, 4) is 0 Å². The first-order valence-corrected chi connectivity index (χ1v) is 7.85. The van der Waals surface area contributed by atoms with Gasteiger partial charge in [-0.3, -0.25) is 5.32 Å². The fourth-order valence-electron chi connectivity index (χ4n) is 2.60. The van der Waals surface area contributed by atoms with Gasteiger partial charge in [-0.1, -0.05) is 0 Å². The summed E-state index contributed by atoms with van der Waals surface area (Å²) in [5.41, 5.74) is 7.00. The Balaban J connectivity index is 1.71. The van der Waals surface area contributed by atoms with Crippen LogP contribution in [-0.4, -0.2) is 34.5 Å². The minimum absolute atomic E-state index is 0.0700. The topological polar surface area (TPSA) is 71.2 Å². The minimum atomic E-state index is -0.109. The lowest BCUT2D eigenvalue weighted by Gasteiger charge is -2.23. The molecular weight excluding hydrogens is 320 g/mol. The molecule has 3 N–H and O–H groups in total. The number of amides is 2. The molecule has 2 amide bonds. The highest BCUT2D eigenvalue weighted by Gasteiger charge is 2.32. The lowest BCUT2D eigenvalue weighted by molar-refractivity contribution is 0.208. The Kier molecular flexibility index (Phi) is 3.69. The summed E-state index contributed by atoms with van der Waals surface area (Å²) in [5.74, 6) is 1.16. The maximum Gasteiger partial charge on any atom is 0.323 e. The fourth-order valence-corrected chi connectivity index (χ4v) is 3.15. The quantitative estimate of drug-likeness (QED) is 0.870. The molecular formula is C14H19BrN4O. The predicted molar refractivity (Wildman–Crippen MR) is 81.7 cm³/mol. The number of nitrogens with one attached hydrogen (secondary N) is 1. The van der Waals surface area contributed by atoms with Crippen molar-refractivity contribution in [2.75, 3.05) is 11.9 Å². The lowest BCUT2D eigenvalue weighted by atomic mass is 10.2. The van der Waals surface area contributed by atoms with Gasteiger partial charge in [-0.25, -0.2) is 9.78 Å². The van der Waals surface area contributed by atoms with Crippen molar-refractivity contribution in [2.45, 2.75) is 44.2 Å². The molecule has 2 fully saturated rings. The third kappa shape index (κ3) is 2.67. The third-order valence-electron chi connectivity index (χ3n) is 4.15. The van der Waals surface area contributed by atoms with Crippen LogP contribution in [0.5, 0.6) is 0 Å². The fraction of sp³-hybridized carbons (Fsp3) is 0.571. The Morgan fingerprint density at radius 2 is 2.20 bits per heavy atom. The first-order valence-electron chi connectivity index (χ1n) is 7.06. The zero-order valence-corrected chi connectivity index (χ0v) is 13.1. The van der Waals surface area contributed by atoms with Crippen molar-refractivity contribution in [1.29, 1.82) is 0 Å². The molecule has 2 heterocycles. The monoisotopic (exact) mass is 338 g/mol. The molecule has 0 bridgehead atoms. The van der Waals surface area contributed by atoms with Crippen molar-refractivity contribution in [1.82, 2.24) is 9.88 Å². The van der Waals surface area contributed by atoms with Gasteiger partial charge in [0.1, 0.15) is 5.82 Å². The van der Waals surface area contributed by atoms with E-state index in [-0.39, 0.29) is 18.1 Å². The molecule has 1 aliphatic heterocycles. The van der Waals surface area contributed by atoms with Gasteiger partial charge in [0.05, 0.1) is 5.69 Å². The molecule has 1 saturated carbocycles. The summed E-state index contributed by atoms with van der Waals surface area (Å²) in [6.07, 6.45) is 3.22. The maximum absolute atomic E-state index is 12.3. The molecule has 2 atom stereocenters. The Labute approximate surface area is 127 Å². The second-order valence-corrected chi connectivity index (χ2v) is 6.51. The number of anilines is 1. The third-order valence-corrected chi connectivity index (χ3v) is 4.82. The van der Waals surface area contributed by atoms with Crippen molar-refractivity contribution in [3.05, 3.63) is 22.3 Å². The van der Waals surface area contributed by atoms with Crippen LogP contribution in [0.25, 0.3) is 0 Å². The molecule has 5 nitrogen and oxygen atoms in total. The second-order valence-electron chi connectivity index (χ2n) is 5.65. The molecule has 1 aliphatic carbocycles. The van der Waals surface area contributed by atoms with Crippen LogP contribution in [0, 0.1) is 0 Å². The van der Waals surface area contributed by atoms with Crippen LogP contribution in [0.15, 0.2) is 16.6 Å². The van der Waals surface area contributed by atoms with Gasteiger partial charge in [0.2, 0.25) is 0 Å². The molecule has 1 aromatic rings. The molecule has 0 aromatic carbocycles. The summed E-state index contributed by atoms with van der Waals surface area (Å²) in [4.78, 5) is 18.6. The molecule has 0 radical (unpaired) electrons. The molecule has 108 valence electrons.